The van der Waals surface area contributed by atoms with Gasteiger partial charge in [0, 0.05) is 10.7 Å². The number of amides is 1. The topological polar surface area (TPSA) is 79.8 Å². The zero-order valence-corrected chi connectivity index (χ0v) is 17.0. The van der Waals surface area contributed by atoms with Gasteiger partial charge in [0.05, 0.1) is 18.3 Å². The molecule has 0 saturated carbocycles. The fraction of sp³-hybridized carbons (Fsp3) is 0.0870. The molecule has 0 bridgehead atoms. The molecule has 30 heavy (non-hydrogen) atoms. The van der Waals surface area contributed by atoms with Gasteiger partial charge in [0.1, 0.15) is 5.75 Å². The summed E-state index contributed by atoms with van der Waals surface area (Å²) in [6.45, 7) is 2.08. The molecular weight excluding hydrogens is 402 g/mol. The van der Waals surface area contributed by atoms with Crippen LogP contribution in [-0.2, 0) is 4.79 Å². The van der Waals surface area contributed by atoms with Crippen molar-refractivity contribution in [2.24, 2.45) is 5.10 Å². The van der Waals surface area contributed by atoms with Gasteiger partial charge in [0.25, 0.3) is 5.91 Å². The molecule has 0 atom stereocenters. The zero-order valence-electron chi connectivity index (χ0n) is 16.3. The number of hydrazone groups is 1. The van der Waals surface area contributed by atoms with Gasteiger partial charge in [-0.2, -0.15) is 5.10 Å². The number of para-hydroxylation sites is 1. The van der Waals surface area contributed by atoms with E-state index in [0.717, 1.165) is 16.8 Å². The second kappa shape index (κ2) is 10.2. The van der Waals surface area contributed by atoms with E-state index in [9.17, 15) is 9.59 Å². The lowest BCUT2D eigenvalue weighted by Gasteiger charge is -2.07. The van der Waals surface area contributed by atoms with Crippen molar-refractivity contribution < 1.29 is 14.3 Å². The van der Waals surface area contributed by atoms with Crippen LogP contribution in [0.2, 0.25) is 5.02 Å². The van der Waals surface area contributed by atoms with Crippen LogP contribution in [0.5, 0.6) is 5.75 Å². The molecule has 0 unspecified atom stereocenters. The van der Waals surface area contributed by atoms with Crippen LogP contribution >= 0.6 is 11.6 Å². The van der Waals surface area contributed by atoms with Crippen molar-refractivity contribution in [3.05, 3.63) is 94.5 Å². The monoisotopic (exact) mass is 421 g/mol. The van der Waals surface area contributed by atoms with Crippen LogP contribution in [0.3, 0.4) is 0 Å². The Morgan fingerprint density at radius 1 is 1.00 bits per heavy atom. The van der Waals surface area contributed by atoms with Crippen molar-refractivity contribution in [3.8, 4) is 5.75 Å². The minimum absolute atomic E-state index is 0.113. The number of aryl methyl sites for hydroxylation is 1. The third-order valence-electron chi connectivity index (χ3n) is 4.16. The molecular formula is C23H20ClN3O3. The summed E-state index contributed by atoms with van der Waals surface area (Å²) in [5, 5.41) is 7.55. The van der Waals surface area contributed by atoms with Crippen LogP contribution in [0, 0.1) is 6.92 Å². The molecule has 0 aliphatic carbocycles. The first-order valence-electron chi connectivity index (χ1n) is 9.20. The lowest BCUT2D eigenvalue weighted by Crippen LogP contribution is -2.26. The summed E-state index contributed by atoms with van der Waals surface area (Å²) in [6, 6.07) is 20.9. The molecule has 0 spiro atoms. The molecule has 6 nitrogen and oxygen atoms in total. The number of carbonyl (C=O) groups excluding carboxylic acids is 2. The number of nitrogens with zero attached hydrogens (tertiary/aromatic N) is 1. The van der Waals surface area contributed by atoms with Gasteiger partial charge in [-0.25, -0.2) is 10.2 Å². The number of ether oxygens (including phenoxy) is 1. The number of carbonyl (C=O) groups is 2. The highest BCUT2D eigenvalue weighted by molar-refractivity contribution is 6.30. The van der Waals surface area contributed by atoms with E-state index in [-0.39, 0.29) is 12.5 Å². The predicted molar refractivity (Wildman–Crippen MR) is 118 cm³/mol. The first kappa shape index (κ1) is 21.1. The van der Waals surface area contributed by atoms with Crippen LogP contribution in [-0.4, -0.2) is 24.6 Å². The number of rotatable bonds is 7. The van der Waals surface area contributed by atoms with Crippen molar-refractivity contribution >= 4 is 35.4 Å². The number of halogens is 1. The predicted octanol–water partition coefficient (Wildman–Crippen LogP) is 4.43. The lowest BCUT2D eigenvalue weighted by atomic mass is 10.2. The van der Waals surface area contributed by atoms with Crippen LogP contribution in [0.15, 0.2) is 77.9 Å². The number of esters is 1. The van der Waals surface area contributed by atoms with Gasteiger partial charge in [-0.3, -0.25) is 4.79 Å². The Morgan fingerprint density at radius 2 is 1.70 bits per heavy atom. The molecule has 1 amide bonds. The van der Waals surface area contributed by atoms with E-state index in [1.165, 1.54) is 6.21 Å². The van der Waals surface area contributed by atoms with Crippen LogP contribution < -0.4 is 15.5 Å². The Morgan fingerprint density at radius 3 is 2.40 bits per heavy atom. The molecule has 3 aromatic carbocycles. The van der Waals surface area contributed by atoms with Crippen molar-refractivity contribution in [3.63, 3.8) is 0 Å². The molecule has 152 valence electrons. The molecule has 0 heterocycles. The Bertz CT molecular complexity index is 1050. The molecule has 3 rings (SSSR count). The number of anilines is 1. The highest BCUT2D eigenvalue weighted by atomic mass is 35.5. The van der Waals surface area contributed by atoms with Gasteiger partial charge in [-0.15, -0.1) is 0 Å². The van der Waals surface area contributed by atoms with Crippen LogP contribution in [0.25, 0.3) is 0 Å². The SMILES string of the molecule is Cc1ccccc1NCC(=O)NN=Cc1ccc(OC(=O)c2ccc(Cl)cc2)cc1. The zero-order chi connectivity index (χ0) is 21.3. The summed E-state index contributed by atoms with van der Waals surface area (Å²) >= 11 is 5.81. The Kier molecular flexibility index (Phi) is 7.19. The molecule has 7 heteroatoms. The highest BCUT2D eigenvalue weighted by Crippen LogP contribution is 2.15. The smallest absolute Gasteiger partial charge is 0.343 e. The first-order valence-corrected chi connectivity index (χ1v) is 9.58. The Labute approximate surface area is 179 Å². The third kappa shape index (κ3) is 6.18. The van der Waals surface area contributed by atoms with Gasteiger partial charge >= 0.3 is 5.97 Å². The summed E-state index contributed by atoms with van der Waals surface area (Å²) in [5.41, 5.74) is 5.58. The summed E-state index contributed by atoms with van der Waals surface area (Å²) in [5.74, 6) is -0.330. The van der Waals surface area contributed by atoms with E-state index in [1.54, 1.807) is 48.5 Å². The van der Waals surface area contributed by atoms with Crippen molar-refractivity contribution in [2.75, 3.05) is 11.9 Å². The average Bonchev–Trinajstić information content (AvgIpc) is 2.75. The average molecular weight is 422 g/mol. The summed E-state index contributed by atoms with van der Waals surface area (Å²) in [6.07, 6.45) is 1.51. The molecule has 3 aromatic rings. The molecule has 0 aromatic heterocycles. The molecule has 2 N–H and O–H groups in total. The second-order valence-electron chi connectivity index (χ2n) is 6.43. The van der Waals surface area contributed by atoms with E-state index in [0.29, 0.717) is 16.3 Å². The van der Waals surface area contributed by atoms with Gasteiger partial charge in [-0.05, 0) is 72.6 Å². The van der Waals surface area contributed by atoms with Crippen LogP contribution in [0.1, 0.15) is 21.5 Å². The number of nitrogens with one attached hydrogen (secondary N) is 2. The van der Waals surface area contributed by atoms with Gasteiger partial charge in [0.2, 0.25) is 0 Å². The summed E-state index contributed by atoms with van der Waals surface area (Å²) in [4.78, 5) is 24.0. The van der Waals surface area contributed by atoms with Gasteiger partial charge in [0.15, 0.2) is 0 Å². The number of hydrogen-bond acceptors (Lipinski definition) is 5. The maximum atomic E-state index is 12.1. The molecule has 0 fully saturated rings. The summed E-state index contributed by atoms with van der Waals surface area (Å²) < 4.78 is 5.32. The Balaban J connectivity index is 1.47. The second-order valence-corrected chi connectivity index (χ2v) is 6.86. The van der Waals surface area contributed by atoms with E-state index >= 15 is 0 Å². The summed E-state index contributed by atoms with van der Waals surface area (Å²) in [7, 11) is 0. The highest BCUT2D eigenvalue weighted by Gasteiger charge is 2.08. The quantitative estimate of drug-likeness (QED) is 0.256. The number of benzene rings is 3. The molecule has 0 radical (unpaired) electrons. The van der Waals surface area contributed by atoms with Gasteiger partial charge < -0.3 is 10.1 Å². The largest absolute Gasteiger partial charge is 0.423 e. The fourth-order valence-corrected chi connectivity index (χ4v) is 2.66. The van der Waals surface area contributed by atoms with Crippen LogP contribution in [0.4, 0.5) is 5.69 Å². The minimum Gasteiger partial charge on any atom is -0.423 e. The maximum Gasteiger partial charge on any atom is 0.343 e. The van der Waals surface area contributed by atoms with Gasteiger partial charge in [-0.1, -0.05) is 29.8 Å². The minimum atomic E-state index is -0.471. The fourth-order valence-electron chi connectivity index (χ4n) is 2.54. The Hall–Kier alpha value is -3.64. The standard InChI is InChI=1S/C23H20ClN3O3/c1-16-4-2-3-5-21(16)25-15-22(28)27-26-14-17-6-12-20(13-7-17)30-23(29)18-8-10-19(24)11-9-18/h2-14,25H,15H2,1H3,(H,27,28). The van der Waals surface area contributed by atoms with Crippen molar-refractivity contribution in [2.45, 2.75) is 6.92 Å². The molecule has 0 aliphatic heterocycles. The normalized spacial score (nSPS) is 10.6. The van der Waals surface area contributed by atoms with E-state index in [4.69, 9.17) is 16.3 Å². The molecule has 0 aliphatic rings. The van der Waals surface area contributed by atoms with Crippen molar-refractivity contribution in [1.29, 1.82) is 0 Å². The number of hydrogen-bond donors (Lipinski definition) is 2. The van der Waals surface area contributed by atoms with E-state index in [2.05, 4.69) is 15.8 Å². The molecule has 0 saturated heterocycles. The first-order chi connectivity index (χ1) is 14.5. The third-order valence-corrected chi connectivity index (χ3v) is 4.41. The maximum absolute atomic E-state index is 12.1. The lowest BCUT2D eigenvalue weighted by molar-refractivity contribution is -0.119. The van der Waals surface area contributed by atoms with Crippen molar-refractivity contribution in [1.82, 2.24) is 5.43 Å². The van der Waals surface area contributed by atoms with E-state index < -0.39 is 5.97 Å². The van der Waals surface area contributed by atoms with E-state index in [1.807, 2.05) is 31.2 Å².